The first-order chi connectivity index (χ1) is 16.8. The van der Waals surface area contributed by atoms with E-state index in [4.69, 9.17) is 16.3 Å². The van der Waals surface area contributed by atoms with Crippen molar-refractivity contribution in [2.24, 2.45) is 5.92 Å². The van der Waals surface area contributed by atoms with E-state index in [1.165, 1.54) is 18.3 Å². The van der Waals surface area contributed by atoms with Crippen molar-refractivity contribution in [2.45, 2.75) is 64.1 Å². The molecule has 2 amide bonds. The highest BCUT2D eigenvalue weighted by molar-refractivity contribution is 6.30. The number of halogens is 2. The molecule has 1 N–H and O–H groups in total. The average Bonchev–Trinajstić information content (AvgIpc) is 3.10. The molecule has 2 bridgehead atoms. The number of carbonyl (C=O) groups is 2. The Labute approximate surface area is 208 Å². The minimum Gasteiger partial charge on any atom is -0.487 e. The van der Waals surface area contributed by atoms with Crippen molar-refractivity contribution < 1.29 is 18.7 Å². The molecule has 35 heavy (non-hydrogen) atoms. The number of pyridine rings is 1. The predicted octanol–water partition coefficient (Wildman–Crippen LogP) is 4.15. The summed E-state index contributed by atoms with van der Waals surface area (Å²) >= 11 is 5.84. The number of unbranched alkanes of at least 4 members (excludes halogenated alkanes) is 1. The third-order valence-electron chi connectivity index (χ3n) is 7.55. The summed E-state index contributed by atoms with van der Waals surface area (Å²) in [6, 6.07) is 4.54. The van der Waals surface area contributed by atoms with Crippen LogP contribution in [0.5, 0.6) is 5.75 Å². The monoisotopic (exact) mass is 501 g/mol. The first kappa shape index (κ1) is 23.9. The summed E-state index contributed by atoms with van der Waals surface area (Å²) < 4.78 is 21.9. The van der Waals surface area contributed by atoms with E-state index >= 15 is 0 Å². The molecule has 7 nitrogen and oxygen atoms in total. The van der Waals surface area contributed by atoms with Crippen LogP contribution in [0.25, 0.3) is 0 Å². The molecule has 3 aliphatic rings. The van der Waals surface area contributed by atoms with Crippen molar-refractivity contribution in [1.29, 1.82) is 0 Å². The fourth-order valence-electron chi connectivity index (χ4n) is 5.84. The molecule has 2 aliphatic heterocycles. The molecule has 2 atom stereocenters. The van der Waals surface area contributed by atoms with Gasteiger partial charge in [-0.25, -0.2) is 4.39 Å². The maximum absolute atomic E-state index is 14.3. The highest BCUT2D eigenvalue weighted by atomic mass is 35.5. The van der Waals surface area contributed by atoms with E-state index in [-0.39, 0.29) is 52.2 Å². The van der Waals surface area contributed by atoms with Crippen LogP contribution in [0.3, 0.4) is 0 Å². The third kappa shape index (κ3) is 4.11. The molecule has 2 fully saturated rings. The third-order valence-corrected chi connectivity index (χ3v) is 7.84. The van der Waals surface area contributed by atoms with Crippen molar-refractivity contribution >= 4 is 23.4 Å². The zero-order valence-corrected chi connectivity index (χ0v) is 20.5. The van der Waals surface area contributed by atoms with Crippen LogP contribution in [-0.2, 0) is 13.1 Å². The second kappa shape index (κ2) is 9.30. The van der Waals surface area contributed by atoms with Gasteiger partial charge in [0.05, 0.1) is 17.2 Å². The summed E-state index contributed by atoms with van der Waals surface area (Å²) in [5, 5.41) is 2.58. The number of ether oxygens (including phenoxy) is 1. The number of nitrogens with one attached hydrogen (secondary N) is 1. The second-order valence-corrected chi connectivity index (χ2v) is 10.3. The van der Waals surface area contributed by atoms with Crippen molar-refractivity contribution in [2.75, 3.05) is 13.2 Å². The molecule has 9 heteroatoms. The first-order valence-electron chi connectivity index (χ1n) is 12.3. The molecule has 0 unspecified atom stereocenters. The summed E-state index contributed by atoms with van der Waals surface area (Å²) in [6.45, 7) is 3.38. The summed E-state index contributed by atoms with van der Waals surface area (Å²) in [5.74, 6) is -1.06. The lowest BCUT2D eigenvalue weighted by Crippen LogP contribution is -2.55. The molecule has 1 aromatic heterocycles. The molecule has 1 spiro atoms. The number of aromatic nitrogens is 1. The van der Waals surface area contributed by atoms with Gasteiger partial charge >= 0.3 is 0 Å². The van der Waals surface area contributed by atoms with E-state index in [1.54, 1.807) is 10.6 Å². The zero-order chi connectivity index (χ0) is 24.7. The summed E-state index contributed by atoms with van der Waals surface area (Å²) in [4.78, 5) is 42.1. The van der Waals surface area contributed by atoms with Crippen LogP contribution in [0.2, 0.25) is 5.02 Å². The Morgan fingerprint density at radius 3 is 2.97 bits per heavy atom. The van der Waals surface area contributed by atoms with Crippen LogP contribution < -0.4 is 15.5 Å². The largest absolute Gasteiger partial charge is 0.487 e. The van der Waals surface area contributed by atoms with Crippen molar-refractivity contribution in [1.82, 2.24) is 14.8 Å². The molecule has 1 aromatic carbocycles. The van der Waals surface area contributed by atoms with Gasteiger partial charge in [-0.3, -0.25) is 14.4 Å². The van der Waals surface area contributed by atoms with Gasteiger partial charge in [-0.05, 0) is 37.7 Å². The Morgan fingerprint density at radius 1 is 1.34 bits per heavy atom. The van der Waals surface area contributed by atoms with Crippen LogP contribution in [0.1, 0.15) is 71.9 Å². The van der Waals surface area contributed by atoms with E-state index < -0.39 is 17.2 Å². The number of rotatable bonds is 7. The maximum Gasteiger partial charge on any atom is 0.275 e. The van der Waals surface area contributed by atoms with E-state index in [2.05, 4.69) is 5.32 Å². The minimum absolute atomic E-state index is 0.0399. The van der Waals surface area contributed by atoms with Crippen molar-refractivity contribution in [3.63, 3.8) is 0 Å². The van der Waals surface area contributed by atoms with Gasteiger partial charge in [0.15, 0.2) is 11.4 Å². The molecular weight excluding hydrogens is 473 g/mol. The van der Waals surface area contributed by atoms with Crippen LogP contribution in [0.15, 0.2) is 29.2 Å². The van der Waals surface area contributed by atoms with Crippen LogP contribution in [0, 0.1) is 11.7 Å². The van der Waals surface area contributed by atoms with Gasteiger partial charge in [0.25, 0.3) is 11.8 Å². The number of amides is 2. The molecular formula is C26H29ClFN3O4. The molecule has 1 saturated carbocycles. The van der Waals surface area contributed by atoms with Gasteiger partial charge in [0.1, 0.15) is 11.4 Å². The molecule has 186 valence electrons. The van der Waals surface area contributed by atoms with E-state index in [0.717, 1.165) is 32.1 Å². The Bertz CT molecular complexity index is 1250. The van der Waals surface area contributed by atoms with Crippen molar-refractivity contribution in [3.8, 4) is 5.75 Å². The summed E-state index contributed by atoms with van der Waals surface area (Å²) in [7, 11) is 0. The number of fused-ring (bicyclic) bond motifs is 2. The molecule has 1 aliphatic carbocycles. The van der Waals surface area contributed by atoms with Gasteiger partial charge in [0, 0.05) is 31.4 Å². The lowest BCUT2D eigenvalue weighted by atomic mass is 9.79. The fraction of sp³-hybridized carbons (Fsp3) is 0.500. The van der Waals surface area contributed by atoms with Crippen molar-refractivity contribution in [3.05, 3.63) is 62.3 Å². The number of hydrogen-bond acceptors (Lipinski definition) is 4. The van der Waals surface area contributed by atoms with E-state index in [0.29, 0.717) is 25.4 Å². The quantitative estimate of drug-likeness (QED) is 0.578. The highest BCUT2D eigenvalue weighted by Gasteiger charge is 2.54. The standard InChI is InChI=1S/C26H29ClFN3O4/c1-2-3-10-35-23-21-25(34)31-13-16-6-5-9-26(31,11-16)15-30(21)14-18(22(23)32)24(33)29-12-17-7-4-8-19(27)20(17)28/h4,7-8,14,16H,2-3,5-6,9-13,15H2,1H3,(H,29,33)/t16-,26+/m0/s1. The maximum atomic E-state index is 14.3. The lowest BCUT2D eigenvalue weighted by Gasteiger charge is -2.44. The van der Waals surface area contributed by atoms with E-state index in [9.17, 15) is 18.8 Å². The molecule has 0 radical (unpaired) electrons. The van der Waals surface area contributed by atoms with E-state index in [1.807, 2.05) is 11.8 Å². The SMILES string of the molecule is CCCCOc1c2n(cc(C(=O)NCc3cccc(Cl)c3F)c1=O)C[C@]13CCC[C@H](CN1C2=O)C3. The Balaban J connectivity index is 1.51. The lowest BCUT2D eigenvalue weighted by molar-refractivity contribution is 0.0417. The zero-order valence-electron chi connectivity index (χ0n) is 19.7. The molecule has 3 heterocycles. The van der Waals surface area contributed by atoms with Gasteiger partial charge in [-0.2, -0.15) is 0 Å². The topological polar surface area (TPSA) is 80.6 Å². The summed E-state index contributed by atoms with van der Waals surface area (Å²) in [5.41, 5.74) is -0.581. The highest BCUT2D eigenvalue weighted by Crippen LogP contribution is 2.48. The van der Waals surface area contributed by atoms with Gasteiger partial charge < -0.3 is 19.5 Å². The van der Waals surface area contributed by atoms with Crippen LogP contribution in [0.4, 0.5) is 4.39 Å². The Hall–Kier alpha value is -2.87. The number of benzene rings is 1. The first-order valence-corrected chi connectivity index (χ1v) is 12.7. The fourth-order valence-corrected chi connectivity index (χ4v) is 6.03. The normalized spacial score (nSPS) is 22.5. The predicted molar refractivity (Wildman–Crippen MR) is 129 cm³/mol. The van der Waals surface area contributed by atoms with Gasteiger partial charge in [-0.1, -0.05) is 43.5 Å². The number of hydrogen-bond donors (Lipinski definition) is 1. The van der Waals surface area contributed by atoms with Gasteiger partial charge in [-0.15, -0.1) is 0 Å². The van der Waals surface area contributed by atoms with Crippen LogP contribution >= 0.6 is 11.6 Å². The Morgan fingerprint density at radius 2 is 2.17 bits per heavy atom. The summed E-state index contributed by atoms with van der Waals surface area (Å²) in [6.07, 6.45) is 7.05. The minimum atomic E-state index is -0.648. The average molecular weight is 502 g/mol. The molecule has 2 aromatic rings. The number of carbonyl (C=O) groups excluding carboxylic acids is 2. The second-order valence-electron chi connectivity index (χ2n) is 9.88. The molecule has 1 saturated heterocycles. The molecule has 5 rings (SSSR count). The van der Waals surface area contributed by atoms with Gasteiger partial charge in [0.2, 0.25) is 5.43 Å². The van der Waals surface area contributed by atoms with Crippen LogP contribution in [-0.4, -0.2) is 40.0 Å². The smallest absolute Gasteiger partial charge is 0.275 e. The Kier molecular flexibility index (Phi) is 6.34. The number of nitrogens with zero attached hydrogens (tertiary/aromatic N) is 2.